The largest absolute Gasteiger partial charge is 0.466 e. The van der Waals surface area contributed by atoms with Crippen LogP contribution in [0.2, 0.25) is 0 Å². The Morgan fingerprint density at radius 3 is 1.30 bits per heavy atom. The van der Waals surface area contributed by atoms with Crippen molar-refractivity contribution < 1.29 is 9.53 Å². The monoisotopic (exact) mass is 466 g/mol. The van der Waals surface area contributed by atoms with Crippen molar-refractivity contribution in [3.8, 4) is 0 Å². The highest BCUT2D eigenvalue weighted by molar-refractivity contribution is 5.69. The Morgan fingerprint density at radius 1 is 0.515 bits per heavy atom. The first kappa shape index (κ1) is 32.5. The second kappa shape index (κ2) is 27.7. The van der Waals surface area contributed by atoms with Gasteiger partial charge in [0.2, 0.25) is 0 Å². The van der Waals surface area contributed by atoms with Gasteiger partial charge in [0.05, 0.1) is 6.61 Å². The lowest BCUT2D eigenvalue weighted by molar-refractivity contribution is -0.143. The summed E-state index contributed by atoms with van der Waals surface area (Å²) >= 11 is 0. The average Bonchev–Trinajstić information content (AvgIpc) is 2.79. The van der Waals surface area contributed by atoms with Crippen molar-refractivity contribution in [2.75, 3.05) is 6.61 Å². The van der Waals surface area contributed by atoms with E-state index in [1.54, 1.807) is 0 Å². The zero-order valence-electron chi connectivity index (χ0n) is 23.3. The van der Waals surface area contributed by atoms with Crippen molar-refractivity contribution in [2.24, 2.45) is 5.92 Å². The summed E-state index contributed by atoms with van der Waals surface area (Å²) in [6.45, 7) is 7.53. The molecule has 0 aromatic heterocycles. The Labute approximate surface area is 209 Å². The summed E-state index contributed by atoms with van der Waals surface area (Å²) in [6.07, 6.45) is 32.9. The Morgan fingerprint density at radius 2 is 0.879 bits per heavy atom. The van der Waals surface area contributed by atoms with Gasteiger partial charge >= 0.3 is 5.97 Å². The minimum atomic E-state index is 0.0212. The Kier molecular flexibility index (Phi) is 27.3. The van der Waals surface area contributed by atoms with E-state index in [4.69, 9.17) is 4.74 Å². The lowest BCUT2D eigenvalue weighted by atomic mass is 10.0. The molecule has 0 amide bonds. The first-order chi connectivity index (χ1) is 16.2. The van der Waals surface area contributed by atoms with Crippen LogP contribution < -0.4 is 0 Å². The van der Waals surface area contributed by atoms with Crippen molar-refractivity contribution in [2.45, 2.75) is 181 Å². The fourth-order valence-corrected chi connectivity index (χ4v) is 4.61. The molecule has 0 aliphatic heterocycles. The van der Waals surface area contributed by atoms with E-state index in [1.807, 2.05) is 0 Å². The molecule has 2 nitrogen and oxygen atoms in total. The topological polar surface area (TPSA) is 26.3 Å². The average molecular weight is 467 g/mol. The van der Waals surface area contributed by atoms with Crippen molar-refractivity contribution in [3.05, 3.63) is 0 Å². The van der Waals surface area contributed by atoms with Crippen molar-refractivity contribution in [1.29, 1.82) is 0 Å². The number of hydrogen-bond donors (Lipinski definition) is 0. The van der Waals surface area contributed by atoms with Gasteiger partial charge in [0, 0.05) is 6.42 Å². The number of carbonyl (C=O) groups is 1. The molecule has 0 aromatic carbocycles. The highest BCUT2D eigenvalue weighted by Crippen LogP contribution is 2.15. The van der Waals surface area contributed by atoms with Crippen molar-refractivity contribution in [1.82, 2.24) is 0 Å². The summed E-state index contributed by atoms with van der Waals surface area (Å²) in [6, 6.07) is 0. The Hall–Kier alpha value is -0.530. The lowest BCUT2D eigenvalue weighted by Crippen LogP contribution is -2.05. The standard InChI is InChI=1S/C31H62O2/c1-4-5-6-7-8-9-10-11-12-13-14-15-16-20-23-26-29-33-31(32)28-25-22-19-17-18-21-24-27-30(2)3/h30H,4-29H2,1-3H3. The van der Waals surface area contributed by atoms with E-state index >= 15 is 0 Å². The molecule has 0 N–H and O–H groups in total. The third-order valence-corrected chi connectivity index (χ3v) is 6.92. The molecule has 0 unspecified atom stereocenters. The lowest BCUT2D eigenvalue weighted by Gasteiger charge is -2.06. The minimum absolute atomic E-state index is 0.0212. The zero-order chi connectivity index (χ0) is 24.2. The highest BCUT2D eigenvalue weighted by Gasteiger charge is 2.03. The number of rotatable bonds is 27. The molecule has 0 aromatic rings. The maximum absolute atomic E-state index is 11.8. The van der Waals surface area contributed by atoms with Gasteiger partial charge in [-0.1, -0.05) is 162 Å². The van der Waals surface area contributed by atoms with Gasteiger partial charge < -0.3 is 4.74 Å². The van der Waals surface area contributed by atoms with Gasteiger partial charge in [-0.3, -0.25) is 4.79 Å². The molecule has 0 spiro atoms. The predicted octanol–water partition coefficient (Wildman–Crippen LogP) is 11.0. The summed E-state index contributed by atoms with van der Waals surface area (Å²) in [7, 11) is 0. The van der Waals surface area contributed by atoms with E-state index in [9.17, 15) is 4.79 Å². The fourth-order valence-electron chi connectivity index (χ4n) is 4.61. The summed E-state index contributed by atoms with van der Waals surface area (Å²) in [5.74, 6) is 0.864. The Balaban J connectivity index is 3.14. The third-order valence-electron chi connectivity index (χ3n) is 6.92. The molecule has 0 atom stereocenters. The number of carbonyl (C=O) groups excluding carboxylic acids is 1. The van der Waals surface area contributed by atoms with Crippen LogP contribution in [0.15, 0.2) is 0 Å². The second-order valence-electron chi connectivity index (χ2n) is 10.9. The summed E-state index contributed by atoms with van der Waals surface area (Å²) in [5.41, 5.74) is 0. The van der Waals surface area contributed by atoms with Crippen LogP contribution in [0, 0.1) is 5.92 Å². The van der Waals surface area contributed by atoms with Gasteiger partial charge in [0.15, 0.2) is 0 Å². The number of esters is 1. The molecule has 0 aliphatic rings. The second-order valence-corrected chi connectivity index (χ2v) is 10.9. The number of hydrogen-bond acceptors (Lipinski definition) is 2. The Bertz CT molecular complexity index is 377. The molecule has 198 valence electrons. The molecule has 0 bridgehead atoms. The molecule has 0 fully saturated rings. The van der Waals surface area contributed by atoms with Gasteiger partial charge in [0.1, 0.15) is 0 Å². The molecular weight excluding hydrogens is 404 g/mol. The summed E-state index contributed by atoms with van der Waals surface area (Å²) in [4.78, 5) is 11.8. The van der Waals surface area contributed by atoms with Crippen LogP contribution in [0.5, 0.6) is 0 Å². The van der Waals surface area contributed by atoms with E-state index in [-0.39, 0.29) is 5.97 Å². The zero-order valence-corrected chi connectivity index (χ0v) is 23.3. The van der Waals surface area contributed by atoms with Gasteiger partial charge in [-0.25, -0.2) is 0 Å². The molecule has 0 rings (SSSR count). The fraction of sp³-hybridized carbons (Fsp3) is 0.968. The predicted molar refractivity (Wildman–Crippen MR) is 147 cm³/mol. The van der Waals surface area contributed by atoms with E-state index in [0.717, 1.165) is 18.8 Å². The van der Waals surface area contributed by atoms with Crippen molar-refractivity contribution >= 4 is 5.97 Å². The normalized spacial score (nSPS) is 11.4. The highest BCUT2D eigenvalue weighted by atomic mass is 16.5. The molecule has 0 aliphatic carbocycles. The summed E-state index contributed by atoms with van der Waals surface area (Å²) in [5, 5.41) is 0. The first-order valence-corrected chi connectivity index (χ1v) is 15.3. The molecule has 2 heteroatoms. The molecule has 0 saturated carbocycles. The molecule has 0 heterocycles. The molecule has 0 radical (unpaired) electrons. The number of unbranched alkanes of at least 4 members (excludes halogenated alkanes) is 21. The van der Waals surface area contributed by atoms with Crippen LogP contribution in [0.4, 0.5) is 0 Å². The van der Waals surface area contributed by atoms with Crippen LogP contribution in [-0.2, 0) is 9.53 Å². The maximum atomic E-state index is 11.8. The molecule has 33 heavy (non-hydrogen) atoms. The van der Waals surface area contributed by atoms with Gasteiger partial charge in [0.25, 0.3) is 0 Å². The van der Waals surface area contributed by atoms with Crippen LogP contribution >= 0.6 is 0 Å². The molecule has 0 saturated heterocycles. The van der Waals surface area contributed by atoms with Crippen molar-refractivity contribution in [3.63, 3.8) is 0 Å². The summed E-state index contributed by atoms with van der Waals surface area (Å²) < 4.78 is 5.40. The van der Waals surface area contributed by atoms with Crippen LogP contribution in [0.1, 0.15) is 181 Å². The SMILES string of the molecule is CCCCCCCCCCCCCCCCCCOC(=O)CCCCCCCCCC(C)C. The van der Waals surface area contributed by atoms with Crippen LogP contribution in [-0.4, -0.2) is 12.6 Å². The van der Waals surface area contributed by atoms with E-state index < -0.39 is 0 Å². The minimum Gasteiger partial charge on any atom is -0.466 e. The van der Waals surface area contributed by atoms with E-state index in [2.05, 4.69) is 20.8 Å². The maximum Gasteiger partial charge on any atom is 0.305 e. The van der Waals surface area contributed by atoms with E-state index in [0.29, 0.717) is 13.0 Å². The van der Waals surface area contributed by atoms with Gasteiger partial charge in [-0.05, 0) is 18.8 Å². The molecular formula is C31H62O2. The quantitative estimate of drug-likeness (QED) is 0.0888. The van der Waals surface area contributed by atoms with Gasteiger partial charge in [-0.2, -0.15) is 0 Å². The van der Waals surface area contributed by atoms with Crippen LogP contribution in [0.25, 0.3) is 0 Å². The van der Waals surface area contributed by atoms with Gasteiger partial charge in [-0.15, -0.1) is 0 Å². The first-order valence-electron chi connectivity index (χ1n) is 15.3. The van der Waals surface area contributed by atoms with E-state index in [1.165, 1.54) is 141 Å². The van der Waals surface area contributed by atoms with Crippen LogP contribution in [0.3, 0.4) is 0 Å². The third kappa shape index (κ3) is 29.4. The number of ether oxygens (including phenoxy) is 1. The smallest absolute Gasteiger partial charge is 0.305 e.